The van der Waals surface area contributed by atoms with Gasteiger partial charge in [0.1, 0.15) is 0 Å². The third-order valence-electron chi connectivity index (χ3n) is 0. The summed E-state index contributed by atoms with van der Waals surface area (Å²) in [6.07, 6.45) is 0. The molecule has 0 bridgehead atoms. The number of hydrogen-bond acceptors (Lipinski definition) is 1. The fraction of sp³-hybridized carbons (Fsp3) is 0. The summed E-state index contributed by atoms with van der Waals surface area (Å²) < 4.78 is 3.19. The van der Waals surface area contributed by atoms with Crippen LogP contribution in [0.25, 0.3) is 0 Å². The predicted octanol–water partition coefficient (Wildman–Crippen LogP) is 0.486. The van der Waals surface area contributed by atoms with Gasteiger partial charge in [-0.3, -0.25) is 0 Å². The minimum atomic E-state index is 0. The Morgan fingerprint density at radius 1 is 1.20 bits per heavy atom. The van der Waals surface area contributed by atoms with Crippen molar-refractivity contribution in [3.63, 3.8) is 0 Å². The molecule has 0 heterocycles. The molecule has 0 rings (SSSR count). The van der Waals surface area contributed by atoms with Gasteiger partial charge in [-0.05, 0) is 0 Å². The summed E-state index contributed by atoms with van der Waals surface area (Å²) in [6, 6.07) is 0. The first-order valence-corrected chi connectivity index (χ1v) is 0.926. The SMILES string of the molecule is ClOCl.O.[Nd]. The zero-order chi connectivity index (χ0) is 2.71. The van der Waals surface area contributed by atoms with Gasteiger partial charge in [-0.15, -0.1) is 0 Å². The molecule has 5 heteroatoms. The van der Waals surface area contributed by atoms with Crippen LogP contribution in [0.5, 0.6) is 0 Å². The van der Waals surface area contributed by atoms with E-state index in [0.29, 0.717) is 0 Å². The maximum Gasteiger partial charge on any atom is 0.0832 e. The Kier molecular flexibility index (Phi) is 53.6. The van der Waals surface area contributed by atoms with Crippen molar-refractivity contribution in [1.82, 2.24) is 0 Å². The van der Waals surface area contributed by atoms with E-state index < -0.39 is 0 Å². The third-order valence-corrected chi connectivity index (χ3v) is 0. The second-order valence-electron chi connectivity index (χ2n) is 0.0583. The van der Waals surface area contributed by atoms with Gasteiger partial charge >= 0.3 is 0 Å². The number of hydrogen-bond donors (Lipinski definition) is 0. The first-order chi connectivity index (χ1) is 1.41. The first kappa shape index (κ1) is 15.8. The van der Waals surface area contributed by atoms with Crippen molar-refractivity contribution in [2.45, 2.75) is 0 Å². The summed E-state index contributed by atoms with van der Waals surface area (Å²) in [6.45, 7) is 0. The summed E-state index contributed by atoms with van der Waals surface area (Å²) in [5.41, 5.74) is 0. The smallest absolute Gasteiger partial charge is 0.0832 e. The topological polar surface area (TPSA) is 40.7 Å². The third kappa shape index (κ3) is 25.3. The van der Waals surface area contributed by atoms with Gasteiger partial charge in [-0.2, -0.15) is 3.84 Å². The molecule has 0 aliphatic heterocycles. The van der Waals surface area contributed by atoms with E-state index >= 15 is 0 Å². The van der Waals surface area contributed by atoms with E-state index in [2.05, 4.69) is 27.6 Å². The van der Waals surface area contributed by atoms with Crippen LogP contribution in [-0.2, 0) is 3.84 Å². The van der Waals surface area contributed by atoms with Crippen LogP contribution in [-0.4, -0.2) is 5.48 Å². The monoisotopic (exact) mass is 246 g/mol. The molecule has 0 aliphatic carbocycles. The molecule has 0 radical (unpaired) electrons. The summed E-state index contributed by atoms with van der Waals surface area (Å²) in [4.78, 5) is 0. The van der Waals surface area contributed by atoms with Crippen molar-refractivity contribution in [2.24, 2.45) is 0 Å². The Morgan fingerprint density at radius 3 is 1.20 bits per heavy atom. The van der Waals surface area contributed by atoms with Crippen molar-refractivity contribution in [1.29, 1.82) is 0 Å². The van der Waals surface area contributed by atoms with Crippen LogP contribution in [0, 0.1) is 40.8 Å². The first-order valence-electron chi connectivity index (χ1n) is 0.309. The fourth-order valence-corrected chi connectivity index (χ4v) is 0. The normalized spacial score (nSPS) is 3.60. The maximum absolute atomic E-state index is 4.26. The molecule has 5 heavy (non-hydrogen) atoms. The average Bonchev–Trinajstić information content (AvgIpc) is 0.918. The van der Waals surface area contributed by atoms with Crippen LogP contribution in [0.3, 0.4) is 0 Å². The fourth-order valence-electron chi connectivity index (χ4n) is 0. The molecular formula is H2Cl2NdO2. The zero-order valence-electron chi connectivity index (χ0n) is 2.16. The maximum atomic E-state index is 4.26. The van der Waals surface area contributed by atoms with Crippen LogP contribution in [0.4, 0.5) is 0 Å². The second kappa shape index (κ2) is 16.9. The molecule has 32 valence electrons. The van der Waals surface area contributed by atoms with E-state index in [1.54, 1.807) is 0 Å². The van der Waals surface area contributed by atoms with E-state index in [4.69, 9.17) is 0 Å². The molecule has 0 aliphatic rings. The quantitative estimate of drug-likeness (QED) is 0.615. The van der Waals surface area contributed by atoms with Crippen LogP contribution in [0.15, 0.2) is 0 Å². The molecule has 0 atom stereocenters. The largest absolute Gasteiger partial charge is 0.412 e. The Labute approximate surface area is 72.9 Å². The predicted molar refractivity (Wildman–Crippen MR) is 16.4 cm³/mol. The Balaban J connectivity index is -0.0000000200. The molecule has 0 unspecified atom stereocenters. The van der Waals surface area contributed by atoms with Crippen LogP contribution >= 0.6 is 23.7 Å². The van der Waals surface area contributed by atoms with Gasteiger partial charge in [0.05, 0.1) is 23.7 Å². The Hall–Kier alpha value is 1.85. The standard InChI is InChI=1S/Cl2O.Nd.H2O/c1-3-2;;/h;;1H2. The van der Waals surface area contributed by atoms with Crippen molar-refractivity contribution < 1.29 is 50.2 Å². The molecule has 2 N–H and O–H groups in total. The van der Waals surface area contributed by atoms with Crippen molar-refractivity contribution in [2.75, 3.05) is 0 Å². The minimum absolute atomic E-state index is 0. The molecular weight excluding hydrogens is 247 g/mol. The van der Waals surface area contributed by atoms with Gasteiger partial charge < -0.3 is 5.48 Å². The number of halogens is 2. The van der Waals surface area contributed by atoms with E-state index in [0.717, 1.165) is 0 Å². The Morgan fingerprint density at radius 2 is 1.20 bits per heavy atom. The average molecular weight is 249 g/mol. The summed E-state index contributed by atoms with van der Waals surface area (Å²) in [5, 5.41) is 0. The molecule has 0 spiro atoms. The minimum Gasteiger partial charge on any atom is -0.412 e. The van der Waals surface area contributed by atoms with Crippen LogP contribution in [0.1, 0.15) is 0 Å². The van der Waals surface area contributed by atoms with Crippen LogP contribution < -0.4 is 0 Å². The van der Waals surface area contributed by atoms with Crippen LogP contribution in [0.2, 0.25) is 0 Å². The van der Waals surface area contributed by atoms with Crippen molar-refractivity contribution in [3.05, 3.63) is 0 Å². The van der Waals surface area contributed by atoms with Gasteiger partial charge in [-0.25, -0.2) is 0 Å². The molecule has 0 saturated carbocycles. The van der Waals surface area contributed by atoms with Gasteiger partial charge in [0, 0.05) is 40.8 Å². The molecule has 0 saturated heterocycles. The van der Waals surface area contributed by atoms with Crippen molar-refractivity contribution >= 4 is 23.7 Å². The molecule has 2 nitrogen and oxygen atoms in total. The van der Waals surface area contributed by atoms with Gasteiger partial charge in [0.15, 0.2) is 0 Å². The summed E-state index contributed by atoms with van der Waals surface area (Å²) in [5.74, 6) is 0. The molecule has 0 aromatic heterocycles. The molecule has 0 fully saturated rings. The zero-order valence-corrected chi connectivity index (χ0v) is 6.88. The van der Waals surface area contributed by atoms with Gasteiger partial charge in [0.25, 0.3) is 0 Å². The summed E-state index contributed by atoms with van der Waals surface area (Å²) >= 11 is 8.53. The second-order valence-corrected chi connectivity index (χ2v) is 0.525. The van der Waals surface area contributed by atoms with E-state index in [1.165, 1.54) is 0 Å². The molecule has 0 aromatic carbocycles. The van der Waals surface area contributed by atoms with E-state index in [-0.39, 0.29) is 46.3 Å². The molecule has 0 aromatic rings. The molecule has 0 amide bonds. The summed E-state index contributed by atoms with van der Waals surface area (Å²) in [7, 11) is 0. The Bertz CT molecular complexity index is 7.61. The van der Waals surface area contributed by atoms with Gasteiger partial charge in [0.2, 0.25) is 0 Å². The van der Waals surface area contributed by atoms with Gasteiger partial charge in [-0.1, -0.05) is 0 Å². The van der Waals surface area contributed by atoms with Crippen molar-refractivity contribution in [3.8, 4) is 0 Å². The van der Waals surface area contributed by atoms with E-state index in [1.807, 2.05) is 0 Å². The van der Waals surface area contributed by atoms with E-state index in [9.17, 15) is 0 Å². The number of rotatable bonds is 0.